The fourth-order valence-corrected chi connectivity index (χ4v) is 10.1. The van der Waals surface area contributed by atoms with E-state index in [9.17, 15) is 14.4 Å². The maximum atomic E-state index is 12.6. The minimum absolute atomic E-state index is 0.00605. The van der Waals surface area contributed by atoms with Gasteiger partial charge in [-0.3, -0.25) is 4.79 Å². The van der Waals surface area contributed by atoms with E-state index in [0.29, 0.717) is 5.41 Å². The van der Waals surface area contributed by atoms with Gasteiger partial charge in [0.15, 0.2) is 0 Å². The predicted octanol–water partition coefficient (Wildman–Crippen LogP) is 7.84. The van der Waals surface area contributed by atoms with Gasteiger partial charge in [0.2, 0.25) is 0 Å². The van der Waals surface area contributed by atoms with Gasteiger partial charge in [0.25, 0.3) is 0 Å². The molecule has 1 aliphatic heterocycles. The van der Waals surface area contributed by atoms with Crippen LogP contribution in [0.2, 0.25) is 0 Å². The summed E-state index contributed by atoms with van der Waals surface area (Å²) in [7, 11) is 0. The molecule has 8 heteroatoms. The summed E-state index contributed by atoms with van der Waals surface area (Å²) in [4.78, 5) is 36.1. The molecule has 0 spiro atoms. The van der Waals surface area contributed by atoms with E-state index >= 15 is 0 Å². The Morgan fingerprint density at radius 3 is 2.48 bits per heavy atom. The third-order valence-corrected chi connectivity index (χ3v) is 12.6. The van der Waals surface area contributed by atoms with Crippen molar-refractivity contribution in [3.8, 4) is 0 Å². The molecule has 5 aliphatic rings. The summed E-state index contributed by atoms with van der Waals surface area (Å²) in [5.41, 5.74) is 1.16. The molecule has 1 N–H and O–H groups in total. The second-order valence-electron chi connectivity index (χ2n) is 16.0. The van der Waals surface area contributed by atoms with E-state index in [0.717, 1.165) is 54.8 Å². The van der Waals surface area contributed by atoms with Crippen LogP contribution < -0.4 is 5.32 Å². The highest BCUT2D eigenvalue weighted by Gasteiger charge is 2.59. The lowest BCUT2D eigenvalue weighted by atomic mass is 9.47. The van der Waals surface area contributed by atoms with Crippen molar-refractivity contribution in [3.05, 3.63) is 11.6 Å². The van der Waals surface area contributed by atoms with Crippen molar-refractivity contribution >= 4 is 18.2 Å². The van der Waals surface area contributed by atoms with Gasteiger partial charge < -0.3 is 24.3 Å². The Hall–Kier alpha value is -2.25. The second kappa shape index (κ2) is 13.2. The number of hydrogen-bond acceptors (Lipinski definition) is 7. The molecule has 0 bridgehead atoms. The number of fused-ring (bicyclic) bond motifs is 5. The van der Waals surface area contributed by atoms with Gasteiger partial charge in [-0.25, -0.2) is 9.59 Å². The van der Waals surface area contributed by atoms with Crippen LogP contribution >= 0.6 is 0 Å². The molecule has 4 aliphatic carbocycles. The highest BCUT2D eigenvalue weighted by molar-refractivity contribution is 5.78. The highest BCUT2D eigenvalue weighted by atomic mass is 16.7. The minimum atomic E-state index is -1.04. The zero-order valence-electron chi connectivity index (χ0n) is 28.1. The van der Waals surface area contributed by atoms with Gasteiger partial charge in [-0.1, -0.05) is 65.5 Å². The van der Waals surface area contributed by atoms with Gasteiger partial charge >= 0.3 is 18.2 Å². The molecule has 0 radical (unpaired) electrons. The van der Waals surface area contributed by atoms with E-state index in [2.05, 4.69) is 46.0 Å². The van der Waals surface area contributed by atoms with Crippen LogP contribution in [0, 0.1) is 51.8 Å². The van der Waals surface area contributed by atoms with Crippen LogP contribution in [0.1, 0.15) is 112 Å². The summed E-state index contributed by atoms with van der Waals surface area (Å²) < 4.78 is 20.8. The van der Waals surface area contributed by atoms with E-state index in [4.69, 9.17) is 18.9 Å². The van der Waals surface area contributed by atoms with Crippen LogP contribution in [0.25, 0.3) is 0 Å². The van der Waals surface area contributed by atoms with Gasteiger partial charge in [-0.15, -0.1) is 0 Å². The Bertz CT molecular complexity index is 1090. The van der Waals surface area contributed by atoms with Gasteiger partial charge in [0.05, 0.1) is 6.54 Å². The van der Waals surface area contributed by atoms with Crippen LogP contribution in [-0.2, 0) is 23.7 Å². The normalized spacial score (nSPS) is 36.5. The third kappa shape index (κ3) is 6.65. The fraction of sp³-hybridized carbons (Fsp3) is 0.861. The maximum Gasteiger partial charge on any atom is 0.508 e. The quantitative estimate of drug-likeness (QED) is 0.116. The van der Waals surface area contributed by atoms with Crippen LogP contribution in [-0.4, -0.2) is 50.7 Å². The van der Waals surface area contributed by atoms with Gasteiger partial charge in [-0.2, -0.15) is 0 Å². The zero-order valence-corrected chi connectivity index (χ0v) is 28.1. The van der Waals surface area contributed by atoms with E-state index < -0.39 is 23.6 Å². The van der Waals surface area contributed by atoms with Crippen molar-refractivity contribution in [2.24, 2.45) is 51.8 Å². The first-order valence-corrected chi connectivity index (χ1v) is 17.5. The lowest BCUT2D eigenvalue weighted by molar-refractivity contribution is -0.165. The molecule has 2 unspecified atom stereocenters. The van der Waals surface area contributed by atoms with Crippen molar-refractivity contribution in [1.82, 2.24) is 5.32 Å². The SMILES string of the molecule is CC(C)CCC[C@@H](C)C1CC[C@@H]2[C@@H]3CC=C4CC(OC(=O)NCCOC(=O)C5(C)COC(=O)OC5)CC[C@]4(C)[C@H]3CC[C@]12C. The van der Waals surface area contributed by atoms with Crippen molar-refractivity contribution in [3.63, 3.8) is 0 Å². The Kier molecular flexibility index (Phi) is 9.96. The number of carbonyl (C=O) groups is 3. The number of cyclic esters (lactones) is 2. The molecule has 248 valence electrons. The molecule has 44 heavy (non-hydrogen) atoms. The number of hydrogen-bond donors (Lipinski definition) is 1. The molecule has 0 aromatic carbocycles. The molecular formula is C36H57NO7. The van der Waals surface area contributed by atoms with Gasteiger partial charge in [0.1, 0.15) is 31.3 Å². The minimum Gasteiger partial charge on any atom is -0.463 e. The maximum absolute atomic E-state index is 12.6. The number of amides is 1. The highest BCUT2D eigenvalue weighted by Crippen LogP contribution is 2.67. The first-order chi connectivity index (χ1) is 20.9. The number of alkyl carbamates (subject to hydrolysis) is 1. The average molecular weight is 616 g/mol. The van der Waals surface area contributed by atoms with Crippen LogP contribution in [0.4, 0.5) is 9.59 Å². The summed E-state index contributed by atoms with van der Waals surface area (Å²) in [6, 6.07) is 0. The lowest BCUT2D eigenvalue weighted by Crippen LogP contribution is -2.51. The summed E-state index contributed by atoms with van der Waals surface area (Å²) in [6.45, 7) is 14.0. The standard InChI is InChI=1S/C36H57NO7/c1-23(2)8-7-9-24(3)28-12-13-29-27-11-10-25-20-26(14-16-35(25,5)30(27)15-17-36(28,29)6)44-32(39)37-18-19-41-31(38)34(4)21-42-33(40)43-22-34/h10,23-24,26-30H,7-9,11-22H2,1-6H3,(H,37,39)/t24-,26?,27+,28?,29-,30+,35+,36-/m1/s1. The Morgan fingerprint density at radius 2 is 1.75 bits per heavy atom. The van der Waals surface area contributed by atoms with Gasteiger partial charge in [-0.05, 0) is 98.2 Å². The topological polar surface area (TPSA) is 100 Å². The molecule has 1 amide bonds. The van der Waals surface area contributed by atoms with Crippen LogP contribution in [0.5, 0.6) is 0 Å². The number of rotatable bonds is 10. The first kappa shape index (κ1) is 33.1. The summed E-state index contributed by atoms with van der Waals surface area (Å²) >= 11 is 0. The second-order valence-corrected chi connectivity index (χ2v) is 16.0. The molecule has 4 fully saturated rings. The van der Waals surface area contributed by atoms with E-state index in [1.807, 2.05) is 0 Å². The number of allylic oxidation sites excluding steroid dienone is 1. The molecule has 0 aromatic heterocycles. The van der Waals surface area contributed by atoms with E-state index in [-0.39, 0.29) is 37.9 Å². The number of nitrogens with one attached hydrogen (secondary N) is 1. The molecule has 1 heterocycles. The molecule has 5 rings (SSSR count). The Morgan fingerprint density at radius 1 is 1.00 bits per heavy atom. The van der Waals surface area contributed by atoms with Crippen LogP contribution in [0.15, 0.2) is 11.6 Å². The van der Waals surface area contributed by atoms with Crippen molar-refractivity contribution < 1.29 is 33.3 Å². The summed E-state index contributed by atoms with van der Waals surface area (Å²) in [5.74, 6) is 4.33. The third-order valence-electron chi connectivity index (χ3n) is 12.6. The van der Waals surface area contributed by atoms with Crippen LogP contribution in [0.3, 0.4) is 0 Å². The predicted molar refractivity (Wildman–Crippen MR) is 168 cm³/mol. The number of carbonyl (C=O) groups excluding carboxylic acids is 3. The summed E-state index contributed by atoms with van der Waals surface area (Å²) in [6.07, 6.45) is 14.7. The van der Waals surface area contributed by atoms with Gasteiger partial charge in [0, 0.05) is 6.42 Å². The molecule has 8 nitrogen and oxygen atoms in total. The number of ether oxygens (including phenoxy) is 4. The largest absolute Gasteiger partial charge is 0.508 e. The zero-order chi connectivity index (χ0) is 31.7. The molecule has 3 saturated carbocycles. The molecule has 8 atom stereocenters. The summed E-state index contributed by atoms with van der Waals surface area (Å²) in [5, 5.41) is 2.72. The van der Waals surface area contributed by atoms with Crippen molar-refractivity contribution in [2.75, 3.05) is 26.4 Å². The van der Waals surface area contributed by atoms with Crippen molar-refractivity contribution in [1.29, 1.82) is 0 Å². The van der Waals surface area contributed by atoms with Crippen molar-refractivity contribution in [2.45, 2.75) is 118 Å². The number of esters is 1. The molecule has 1 saturated heterocycles. The lowest BCUT2D eigenvalue weighted by Gasteiger charge is -2.58. The molecule has 0 aromatic rings. The monoisotopic (exact) mass is 615 g/mol. The van der Waals surface area contributed by atoms with E-state index in [1.54, 1.807) is 6.92 Å². The molecular weight excluding hydrogens is 558 g/mol. The van der Waals surface area contributed by atoms with E-state index in [1.165, 1.54) is 56.9 Å². The Balaban J connectivity index is 1.09. The smallest absolute Gasteiger partial charge is 0.463 e. The fourth-order valence-electron chi connectivity index (χ4n) is 10.1. The average Bonchev–Trinajstić information content (AvgIpc) is 3.34. The first-order valence-electron chi connectivity index (χ1n) is 17.5. The Labute approximate surface area is 264 Å².